The predicted molar refractivity (Wildman–Crippen MR) is 86.9 cm³/mol. The Hall–Kier alpha value is -1.05. The molecule has 116 valence electrons. The van der Waals surface area contributed by atoms with E-state index in [1.54, 1.807) is 6.08 Å². The van der Waals surface area contributed by atoms with Gasteiger partial charge in [0.25, 0.3) is 0 Å². The molecule has 0 aliphatic carbocycles. The van der Waals surface area contributed by atoms with Gasteiger partial charge in [0, 0.05) is 6.08 Å². The Bertz CT molecular complexity index is 303. The van der Waals surface area contributed by atoms with E-state index in [0.717, 1.165) is 6.42 Å². The topological polar surface area (TPSA) is 37.3 Å². The minimum absolute atomic E-state index is 0.695. The van der Waals surface area contributed by atoms with Crippen LogP contribution in [-0.4, -0.2) is 11.1 Å². The molecule has 0 aliphatic heterocycles. The molecule has 0 spiro atoms. The van der Waals surface area contributed by atoms with Gasteiger partial charge in [-0.2, -0.15) is 0 Å². The number of carboxylic acid groups (broad SMARTS) is 1. The third kappa shape index (κ3) is 13.4. The smallest absolute Gasteiger partial charge is 0.328 e. The highest BCUT2D eigenvalue weighted by molar-refractivity contribution is 5.80. The Kier molecular flexibility index (Phi) is 12.3. The fraction of sp³-hybridized carbons (Fsp3) is 0.722. The van der Waals surface area contributed by atoms with E-state index in [4.69, 9.17) is 5.11 Å². The predicted octanol–water partition coefficient (Wildman–Crippen LogP) is 5.74. The van der Waals surface area contributed by atoms with Crippen LogP contribution < -0.4 is 0 Å². The van der Waals surface area contributed by atoms with Crippen molar-refractivity contribution in [3.05, 3.63) is 23.8 Å². The normalized spacial score (nSPS) is 13.8. The molecule has 0 aromatic heterocycles. The number of hydrogen-bond donors (Lipinski definition) is 1. The molecular weight excluding hydrogens is 248 g/mol. The first kappa shape index (κ1) is 18.9. The van der Waals surface area contributed by atoms with E-state index in [0.29, 0.717) is 5.92 Å². The van der Waals surface area contributed by atoms with E-state index in [-0.39, 0.29) is 0 Å². The van der Waals surface area contributed by atoms with Crippen molar-refractivity contribution < 1.29 is 9.90 Å². The molecule has 0 radical (unpaired) electrons. The average Bonchev–Trinajstić information content (AvgIpc) is 2.37. The average molecular weight is 280 g/mol. The first-order chi connectivity index (χ1) is 9.56. The molecule has 2 nitrogen and oxygen atoms in total. The van der Waals surface area contributed by atoms with E-state index in [1.807, 2.05) is 6.08 Å². The standard InChI is InChI=1S/C18H32O2/c1-4-5-6-7-8-9-10-12-16(2)15-17(3)13-11-14-18(19)20/h11,13-14,16H,4-10,12,15H2,1-3H3,(H,19,20). The zero-order chi connectivity index (χ0) is 15.2. The Morgan fingerprint density at radius 3 is 2.30 bits per heavy atom. The number of unbranched alkanes of at least 4 members (excludes halogenated alkanes) is 6. The van der Waals surface area contributed by atoms with Crippen LogP contribution in [0.1, 0.15) is 78.6 Å². The molecule has 0 heterocycles. The summed E-state index contributed by atoms with van der Waals surface area (Å²) in [6, 6.07) is 0. The summed E-state index contributed by atoms with van der Waals surface area (Å²) in [4.78, 5) is 10.4. The summed E-state index contributed by atoms with van der Waals surface area (Å²) in [7, 11) is 0. The molecule has 0 amide bonds. The molecular formula is C18H32O2. The number of rotatable bonds is 12. The zero-order valence-corrected chi connectivity index (χ0v) is 13.5. The molecule has 2 heteroatoms. The quantitative estimate of drug-likeness (QED) is 0.281. The third-order valence-electron chi connectivity index (χ3n) is 3.59. The van der Waals surface area contributed by atoms with Crippen molar-refractivity contribution in [2.75, 3.05) is 0 Å². The van der Waals surface area contributed by atoms with Crippen LogP contribution in [0.25, 0.3) is 0 Å². The number of carboxylic acids is 1. The fourth-order valence-electron chi connectivity index (χ4n) is 2.46. The number of hydrogen-bond acceptors (Lipinski definition) is 1. The second kappa shape index (κ2) is 13.0. The molecule has 0 fully saturated rings. The maximum atomic E-state index is 10.4. The van der Waals surface area contributed by atoms with Crippen LogP contribution in [0.3, 0.4) is 0 Å². The number of aliphatic carboxylic acids is 1. The molecule has 0 aromatic carbocycles. The Balaban J connectivity index is 3.62. The summed E-state index contributed by atoms with van der Waals surface area (Å²) >= 11 is 0. The lowest BCUT2D eigenvalue weighted by atomic mass is 9.95. The van der Waals surface area contributed by atoms with Crippen LogP contribution >= 0.6 is 0 Å². The number of allylic oxidation sites excluding steroid dienone is 3. The monoisotopic (exact) mass is 280 g/mol. The van der Waals surface area contributed by atoms with E-state index in [2.05, 4.69) is 20.8 Å². The first-order valence-electron chi connectivity index (χ1n) is 8.13. The van der Waals surface area contributed by atoms with E-state index in [9.17, 15) is 4.79 Å². The van der Waals surface area contributed by atoms with Gasteiger partial charge in [0.2, 0.25) is 0 Å². The Morgan fingerprint density at radius 1 is 1.10 bits per heavy atom. The molecule has 0 aromatic rings. The molecule has 20 heavy (non-hydrogen) atoms. The molecule has 1 atom stereocenters. The maximum absolute atomic E-state index is 10.4. The van der Waals surface area contributed by atoms with Crippen molar-refractivity contribution in [1.82, 2.24) is 0 Å². The van der Waals surface area contributed by atoms with Crippen molar-refractivity contribution in [1.29, 1.82) is 0 Å². The maximum Gasteiger partial charge on any atom is 0.328 e. The van der Waals surface area contributed by atoms with Gasteiger partial charge in [-0.3, -0.25) is 0 Å². The van der Waals surface area contributed by atoms with Crippen molar-refractivity contribution in [2.45, 2.75) is 78.6 Å². The van der Waals surface area contributed by atoms with Gasteiger partial charge >= 0.3 is 5.97 Å². The van der Waals surface area contributed by atoms with Gasteiger partial charge in [-0.15, -0.1) is 0 Å². The zero-order valence-electron chi connectivity index (χ0n) is 13.5. The third-order valence-corrected chi connectivity index (χ3v) is 3.59. The Labute approximate surface area is 125 Å². The van der Waals surface area contributed by atoms with Crippen LogP contribution in [0.15, 0.2) is 23.8 Å². The lowest BCUT2D eigenvalue weighted by Crippen LogP contribution is -1.96. The molecule has 0 saturated carbocycles. The van der Waals surface area contributed by atoms with Gasteiger partial charge in [-0.05, 0) is 19.3 Å². The lowest BCUT2D eigenvalue weighted by molar-refractivity contribution is -0.131. The number of carbonyl (C=O) groups is 1. The van der Waals surface area contributed by atoms with Gasteiger partial charge in [-0.1, -0.05) is 82.9 Å². The van der Waals surface area contributed by atoms with Gasteiger partial charge in [0.1, 0.15) is 0 Å². The minimum atomic E-state index is -0.884. The lowest BCUT2D eigenvalue weighted by Gasteiger charge is -2.11. The second-order valence-electron chi connectivity index (χ2n) is 5.93. The summed E-state index contributed by atoms with van der Waals surface area (Å²) in [6.07, 6.45) is 16.6. The molecule has 0 aliphatic rings. The van der Waals surface area contributed by atoms with Crippen molar-refractivity contribution >= 4 is 5.97 Å². The highest BCUT2D eigenvalue weighted by Crippen LogP contribution is 2.18. The highest BCUT2D eigenvalue weighted by Gasteiger charge is 2.02. The highest BCUT2D eigenvalue weighted by atomic mass is 16.4. The summed E-state index contributed by atoms with van der Waals surface area (Å²) in [5, 5.41) is 8.51. The van der Waals surface area contributed by atoms with Crippen LogP contribution in [-0.2, 0) is 4.79 Å². The summed E-state index contributed by atoms with van der Waals surface area (Å²) in [5.41, 5.74) is 1.26. The van der Waals surface area contributed by atoms with Crippen LogP contribution in [0.4, 0.5) is 0 Å². The molecule has 0 bridgehead atoms. The van der Waals surface area contributed by atoms with Crippen molar-refractivity contribution in [3.8, 4) is 0 Å². The van der Waals surface area contributed by atoms with E-state index >= 15 is 0 Å². The largest absolute Gasteiger partial charge is 0.478 e. The molecule has 1 unspecified atom stereocenters. The molecule has 0 rings (SSSR count). The SMILES string of the molecule is CCCCCCCCCC(C)CC(C)=CC=CC(=O)O. The summed E-state index contributed by atoms with van der Waals surface area (Å²) < 4.78 is 0. The minimum Gasteiger partial charge on any atom is -0.478 e. The summed E-state index contributed by atoms with van der Waals surface area (Å²) in [6.45, 7) is 6.62. The fourth-order valence-corrected chi connectivity index (χ4v) is 2.46. The molecule has 1 N–H and O–H groups in total. The second-order valence-corrected chi connectivity index (χ2v) is 5.93. The van der Waals surface area contributed by atoms with E-state index < -0.39 is 5.97 Å². The van der Waals surface area contributed by atoms with Crippen LogP contribution in [0.2, 0.25) is 0 Å². The first-order valence-corrected chi connectivity index (χ1v) is 8.13. The van der Waals surface area contributed by atoms with Gasteiger partial charge in [-0.25, -0.2) is 4.79 Å². The van der Waals surface area contributed by atoms with E-state index in [1.165, 1.54) is 63.0 Å². The van der Waals surface area contributed by atoms with Gasteiger partial charge in [0.15, 0.2) is 0 Å². The van der Waals surface area contributed by atoms with Crippen molar-refractivity contribution in [2.24, 2.45) is 5.92 Å². The Morgan fingerprint density at radius 2 is 1.70 bits per heavy atom. The van der Waals surface area contributed by atoms with Crippen LogP contribution in [0.5, 0.6) is 0 Å². The van der Waals surface area contributed by atoms with Crippen molar-refractivity contribution in [3.63, 3.8) is 0 Å². The molecule has 0 saturated heterocycles. The van der Waals surface area contributed by atoms with Crippen LogP contribution in [0, 0.1) is 5.92 Å². The van der Waals surface area contributed by atoms with Gasteiger partial charge < -0.3 is 5.11 Å². The summed E-state index contributed by atoms with van der Waals surface area (Å²) in [5.74, 6) is -0.190. The van der Waals surface area contributed by atoms with Gasteiger partial charge in [0.05, 0.1) is 0 Å².